The molecule has 4 N–H and O–H groups in total. The number of hydrogen-bond acceptors (Lipinski definition) is 7. The smallest absolute Gasteiger partial charge is 0.222 e. The molecule has 106 valence electrons. The lowest BCUT2D eigenvalue weighted by atomic mass is 9.89. The molecule has 7 nitrogen and oxygen atoms in total. The average molecular weight is 283 g/mol. The van der Waals surface area contributed by atoms with Crippen molar-refractivity contribution in [1.29, 1.82) is 0 Å². The molecule has 2 aliphatic rings. The zero-order valence-electron chi connectivity index (χ0n) is 11.1. The zero-order valence-corrected chi connectivity index (χ0v) is 11.1. The number of benzene rings is 1. The van der Waals surface area contributed by atoms with Crippen LogP contribution in [-0.2, 0) is 0 Å². The van der Waals surface area contributed by atoms with Crippen LogP contribution >= 0.6 is 0 Å². The molecule has 2 unspecified atom stereocenters. The van der Waals surface area contributed by atoms with Gasteiger partial charge in [-0.15, -0.1) is 0 Å². The van der Waals surface area contributed by atoms with Gasteiger partial charge in [-0.25, -0.2) is 4.98 Å². The van der Waals surface area contributed by atoms with Crippen LogP contribution in [-0.4, -0.2) is 40.2 Å². The van der Waals surface area contributed by atoms with Gasteiger partial charge < -0.3 is 25.5 Å². The third-order valence-corrected chi connectivity index (χ3v) is 4.41. The number of phenolic OH excluding ortho intramolecular Hbond substituents is 1. The molecular formula is C14H13N5O2. The first kappa shape index (κ1) is 11.2. The van der Waals surface area contributed by atoms with Gasteiger partial charge in [0, 0.05) is 19.1 Å². The summed E-state index contributed by atoms with van der Waals surface area (Å²) < 4.78 is 5.90. The summed E-state index contributed by atoms with van der Waals surface area (Å²) in [5.41, 5.74) is 7.82. The Morgan fingerprint density at radius 1 is 1.38 bits per heavy atom. The summed E-state index contributed by atoms with van der Waals surface area (Å²) >= 11 is 0. The number of furan rings is 1. The van der Waals surface area contributed by atoms with E-state index in [1.807, 2.05) is 0 Å². The Morgan fingerprint density at radius 3 is 3.00 bits per heavy atom. The van der Waals surface area contributed by atoms with E-state index < -0.39 is 0 Å². The number of hydrogen-bond donors (Lipinski definition) is 3. The fraction of sp³-hybridized carbons (Fsp3) is 0.286. The minimum Gasteiger partial charge on any atom is -0.508 e. The maximum atomic E-state index is 9.66. The van der Waals surface area contributed by atoms with E-state index in [0.29, 0.717) is 28.8 Å². The molecule has 2 aliphatic heterocycles. The van der Waals surface area contributed by atoms with Gasteiger partial charge >= 0.3 is 0 Å². The van der Waals surface area contributed by atoms with Gasteiger partial charge in [-0.2, -0.15) is 4.98 Å². The maximum Gasteiger partial charge on any atom is 0.222 e. The molecule has 0 radical (unpaired) electrons. The fourth-order valence-corrected chi connectivity index (χ4v) is 3.19. The van der Waals surface area contributed by atoms with E-state index in [9.17, 15) is 5.11 Å². The SMILES string of the molecule is Nc1nc(N2CC3NCC32)c2oc3ccc(O)cc3c2n1. The summed E-state index contributed by atoms with van der Waals surface area (Å²) in [5, 5.41) is 13.8. The lowest BCUT2D eigenvalue weighted by molar-refractivity contribution is 0.212. The van der Waals surface area contributed by atoms with Crippen molar-refractivity contribution in [2.45, 2.75) is 12.1 Å². The summed E-state index contributed by atoms with van der Waals surface area (Å²) in [4.78, 5) is 10.9. The van der Waals surface area contributed by atoms with Crippen molar-refractivity contribution in [3.8, 4) is 5.75 Å². The molecule has 0 aliphatic carbocycles. The Balaban J connectivity index is 1.79. The van der Waals surface area contributed by atoms with E-state index in [1.54, 1.807) is 18.2 Å². The monoisotopic (exact) mass is 283 g/mol. The van der Waals surface area contributed by atoms with Gasteiger partial charge in [0.25, 0.3) is 0 Å². The molecule has 2 saturated heterocycles. The van der Waals surface area contributed by atoms with Gasteiger partial charge in [0.15, 0.2) is 11.4 Å². The van der Waals surface area contributed by atoms with E-state index in [2.05, 4.69) is 20.2 Å². The van der Waals surface area contributed by atoms with Crippen LogP contribution in [0.4, 0.5) is 11.8 Å². The van der Waals surface area contributed by atoms with Gasteiger partial charge in [0.05, 0.1) is 11.4 Å². The number of aromatic nitrogens is 2. The van der Waals surface area contributed by atoms with E-state index >= 15 is 0 Å². The van der Waals surface area contributed by atoms with Crippen molar-refractivity contribution in [2.75, 3.05) is 23.7 Å². The molecule has 4 heterocycles. The number of aromatic hydroxyl groups is 1. The topological polar surface area (TPSA) is 100 Å². The molecule has 21 heavy (non-hydrogen) atoms. The van der Waals surface area contributed by atoms with Crippen LogP contribution in [0.2, 0.25) is 0 Å². The fourth-order valence-electron chi connectivity index (χ4n) is 3.19. The second-order valence-corrected chi connectivity index (χ2v) is 5.60. The lowest BCUT2D eigenvalue weighted by Crippen LogP contribution is -2.78. The van der Waals surface area contributed by atoms with Crippen LogP contribution in [0.5, 0.6) is 5.75 Å². The second-order valence-electron chi connectivity index (χ2n) is 5.60. The van der Waals surface area contributed by atoms with E-state index in [0.717, 1.165) is 24.3 Å². The van der Waals surface area contributed by atoms with Crippen LogP contribution in [0, 0.1) is 0 Å². The summed E-state index contributed by atoms with van der Waals surface area (Å²) in [6.07, 6.45) is 0. The number of phenols is 1. The number of nitrogens with zero attached hydrogens (tertiary/aromatic N) is 3. The molecular weight excluding hydrogens is 270 g/mol. The lowest BCUT2D eigenvalue weighted by Gasteiger charge is -2.56. The minimum atomic E-state index is 0.177. The largest absolute Gasteiger partial charge is 0.508 e. The Bertz CT molecular complexity index is 890. The van der Waals surface area contributed by atoms with Gasteiger partial charge in [-0.1, -0.05) is 0 Å². The average Bonchev–Trinajstić information content (AvgIpc) is 2.79. The molecule has 0 bridgehead atoms. The Labute approximate surface area is 119 Å². The highest BCUT2D eigenvalue weighted by Gasteiger charge is 2.47. The van der Waals surface area contributed by atoms with Crippen LogP contribution < -0.4 is 16.0 Å². The van der Waals surface area contributed by atoms with E-state index in [4.69, 9.17) is 10.2 Å². The number of rotatable bonds is 1. The first-order chi connectivity index (χ1) is 10.2. The zero-order chi connectivity index (χ0) is 14.1. The molecule has 2 atom stereocenters. The molecule has 0 saturated carbocycles. The van der Waals surface area contributed by atoms with Gasteiger partial charge in [0.1, 0.15) is 16.8 Å². The van der Waals surface area contributed by atoms with Crippen molar-refractivity contribution < 1.29 is 9.52 Å². The highest BCUT2D eigenvalue weighted by atomic mass is 16.3. The summed E-state index contributed by atoms with van der Waals surface area (Å²) in [6, 6.07) is 5.97. The Morgan fingerprint density at radius 2 is 2.29 bits per heavy atom. The highest BCUT2D eigenvalue weighted by Crippen LogP contribution is 2.39. The van der Waals surface area contributed by atoms with Crippen molar-refractivity contribution >= 4 is 33.8 Å². The minimum absolute atomic E-state index is 0.177. The first-order valence-corrected chi connectivity index (χ1v) is 6.89. The van der Waals surface area contributed by atoms with Crippen molar-refractivity contribution in [2.24, 2.45) is 0 Å². The van der Waals surface area contributed by atoms with Crippen molar-refractivity contribution in [1.82, 2.24) is 15.3 Å². The molecule has 0 amide bonds. The summed E-state index contributed by atoms with van der Waals surface area (Å²) in [7, 11) is 0. The van der Waals surface area contributed by atoms with Crippen LogP contribution in [0.25, 0.3) is 22.1 Å². The van der Waals surface area contributed by atoms with Crippen LogP contribution in [0.1, 0.15) is 0 Å². The number of fused-ring (bicyclic) bond motifs is 4. The first-order valence-electron chi connectivity index (χ1n) is 6.89. The molecule has 2 aromatic heterocycles. The molecule has 7 heteroatoms. The number of nitrogen functional groups attached to an aromatic ring is 1. The normalized spacial score (nSPS) is 23.9. The Hall–Kier alpha value is -2.54. The standard InChI is InChI=1S/C14H13N5O2/c15-14-17-11-7-3-6(20)1-2-10(7)21-12(11)13(18-14)19-5-8-9(19)4-16-8/h1-3,8-9,16,20H,4-5H2,(H2,15,17,18). The second kappa shape index (κ2) is 3.56. The number of nitrogens with two attached hydrogens (primary N) is 1. The molecule has 1 aromatic carbocycles. The number of anilines is 2. The van der Waals surface area contributed by atoms with Gasteiger partial charge in [-0.3, -0.25) is 0 Å². The third-order valence-electron chi connectivity index (χ3n) is 4.41. The Kier molecular flexibility index (Phi) is 1.89. The predicted molar refractivity (Wildman–Crippen MR) is 78.3 cm³/mol. The summed E-state index contributed by atoms with van der Waals surface area (Å²) in [5.74, 6) is 1.14. The number of nitrogens with one attached hydrogen (secondary N) is 1. The molecule has 0 spiro atoms. The molecule has 3 aromatic rings. The predicted octanol–water partition coefficient (Wildman–Crippen LogP) is 0.824. The van der Waals surface area contributed by atoms with E-state index in [-0.39, 0.29) is 11.7 Å². The van der Waals surface area contributed by atoms with Crippen LogP contribution in [0.15, 0.2) is 22.6 Å². The molecule has 5 rings (SSSR count). The van der Waals surface area contributed by atoms with Crippen molar-refractivity contribution in [3.63, 3.8) is 0 Å². The highest BCUT2D eigenvalue weighted by molar-refractivity contribution is 6.06. The quantitative estimate of drug-likeness (QED) is 0.608. The van der Waals surface area contributed by atoms with Gasteiger partial charge in [0.2, 0.25) is 5.95 Å². The van der Waals surface area contributed by atoms with Gasteiger partial charge in [-0.05, 0) is 18.2 Å². The maximum absolute atomic E-state index is 9.66. The summed E-state index contributed by atoms with van der Waals surface area (Å²) in [6.45, 7) is 1.86. The number of piperazine rings is 1. The van der Waals surface area contributed by atoms with Crippen molar-refractivity contribution in [3.05, 3.63) is 18.2 Å². The van der Waals surface area contributed by atoms with E-state index in [1.165, 1.54) is 0 Å². The molecule has 2 fully saturated rings. The van der Waals surface area contributed by atoms with Crippen LogP contribution in [0.3, 0.4) is 0 Å². The third kappa shape index (κ3) is 1.36.